The maximum absolute atomic E-state index is 11.8. The third-order valence-electron chi connectivity index (χ3n) is 1.43. The van der Waals surface area contributed by atoms with Gasteiger partial charge in [0, 0.05) is 0 Å². The summed E-state index contributed by atoms with van der Waals surface area (Å²) in [6.45, 7) is -1.66. The summed E-state index contributed by atoms with van der Waals surface area (Å²) >= 11 is 0. The molecule has 0 unspecified atom stereocenters. The Hall–Kier alpha value is -2.64. The van der Waals surface area contributed by atoms with Gasteiger partial charge in [0.05, 0.1) is 0 Å². The van der Waals surface area contributed by atoms with E-state index in [1.54, 1.807) is 0 Å². The number of halogens is 3. The standard InChI is InChI=1S/C7H5F3N6O2/c8-7(9,10)2-18-15-6(5(1-11)14-17)16-4-12-3-13-16/h3-4,17H,2H2. The lowest BCUT2D eigenvalue weighted by molar-refractivity contribution is -0.173. The minimum Gasteiger partial charge on any atom is -0.410 e. The molecule has 1 N–H and O–H groups in total. The number of aromatic nitrogens is 3. The largest absolute Gasteiger partial charge is 0.425 e. The van der Waals surface area contributed by atoms with Gasteiger partial charge in [-0.25, -0.2) is 4.98 Å². The van der Waals surface area contributed by atoms with E-state index >= 15 is 0 Å². The average Bonchev–Trinajstić information content (AvgIpc) is 2.80. The van der Waals surface area contributed by atoms with Crippen LogP contribution in [0.2, 0.25) is 0 Å². The van der Waals surface area contributed by atoms with Crippen molar-refractivity contribution in [3.05, 3.63) is 12.7 Å². The van der Waals surface area contributed by atoms with Gasteiger partial charge in [-0.3, -0.25) is 0 Å². The number of alkyl halides is 3. The van der Waals surface area contributed by atoms with Crippen LogP contribution in [0.1, 0.15) is 0 Å². The first-order valence-corrected chi connectivity index (χ1v) is 4.22. The van der Waals surface area contributed by atoms with Gasteiger partial charge in [-0.05, 0) is 0 Å². The van der Waals surface area contributed by atoms with Crippen molar-refractivity contribution < 1.29 is 23.2 Å². The Morgan fingerprint density at radius 3 is 2.72 bits per heavy atom. The van der Waals surface area contributed by atoms with Gasteiger partial charge in [-0.1, -0.05) is 10.3 Å². The average molecular weight is 262 g/mol. The highest BCUT2D eigenvalue weighted by molar-refractivity contribution is 6.47. The second kappa shape index (κ2) is 5.62. The van der Waals surface area contributed by atoms with Gasteiger partial charge in [-0.2, -0.15) is 28.2 Å². The SMILES string of the molecule is N#CC(=NO)C(=NOCC(F)(F)F)n1cncn1. The molecular weight excluding hydrogens is 257 g/mol. The first kappa shape index (κ1) is 13.4. The van der Waals surface area contributed by atoms with E-state index in [1.165, 1.54) is 6.07 Å². The van der Waals surface area contributed by atoms with Crippen molar-refractivity contribution in [2.45, 2.75) is 6.18 Å². The van der Waals surface area contributed by atoms with Crippen molar-refractivity contribution in [2.75, 3.05) is 6.61 Å². The van der Waals surface area contributed by atoms with Crippen molar-refractivity contribution >= 4 is 11.5 Å². The second-order valence-electron chi connectivity index (χ2n) is 2.70. The van der Waals surface area contributed by atoms with Gasteiger partial charge in [0.15, 0.2) is 0 Å². The summed E-state index contributed by atoms with van der Waals surface area (Å²) in [5, 5.41) is 26.2. The molecule has 0 spiro atoms. The van der Waals surface area contributed by atoms with Crippen LogP contribution < -0.4 is 0 Å². The molecule has 11 heteroatoms. The highest BCUT2D eigenvalue weighted by Crippen LogP contribution is 2.14. The maximum atomic E-state index is 11.8. The summed E-state index contributed by atoms with van der Waals surface area (Å²) in [5.41, 5.74) is -0.678. The zero-order valence-corrected chi connectivity index (χ0v) is 8.53. The molecule has 1 rings (SSSR count). The van der Waals surface area contributed by atoms with E-state index < -0.39 is 24.3 Å². The van der Waals surface area contributed by atoms with Gasteiger partial charge in [0.2, 0.25) is 18.2 Å². The van der Waals surface area contributed by atoms with Crippen LogP contribution in [0.25, 0.3) is 0 Å². The van der Waals surface area contributed by atoms with Crippen LogP contribution in [0.3, 0.4) is 0 Å². The second-order valence-corrected chi connectivity index (χ2v) is 2.70. The Morgan fingerprint density at radius 1 is 1.56 bits per heavy atom. The Balaban J connectivity index is 2.93. The summed E-state index contributed by atoms with van der Waals surface area (Å²) < 4.78 is 36.3. The zero-order chi connectivity index (χ0) is 13.6. The molecule has 0 radical (unpaired) electrons. The van der Waals surface area contributed by atoms with Crippen LogP contribution in [0.15, 0.2) is 23.0 Å². The van der Waals surface area contributed by atoms with E-state index in [1.807, 2.05) is 0 Å². The third-order valence-corrected chi connectivity index (χ3v) is 1.43. The van der Waals surface area contributed by atoms with E-state index in [-0.39, 0.29) is 0 Å². The molecule has 0 aliphatic heterocycles. The molecule has 0 aliphatic rings. The molecule has 0 aliphatic carbocycles. The number of hydrogen-bond acceptors (Lipinski definition) is 7. The Bertz CT molecular complexity index is 486. The molecule has 96 valence electrons. The monoisotopic (exact) mass is 262 g/mol. The van der Waals surface area contributed by atoms with Crippen molar-refractivity contribution in [3.63, 3.8) is 0 Å². The van der Waals surface area contributed by atoms with E-state index in [0.717, 1.165) is 17.3 Å². The van der Waals surface area contributed by atoms with Gasteiger partial charge in [0.25, 0.3) is 0 Å². The van der Waals surface area contributed by atoms with E-state index in [0.29, 0.717) is 0 Å². The van der Waals surface area contributed by atoms with Crippen molar-refractivity contribution in [1.29, 1.82) is 5.26 Å². The zero-order valence-electron chi connectivity index (χ0n) is 8.53. The normalized spacial score (nSPS) is 13.2. The highest BCUT2D eigenvalue weighted by Gasteiger charge is 2.29. The smallest absolute Gasteiger partial charge is 0.410 e. The van der Waals surface area contributed by atoms with Crippen LogP contribution in [0.5, 0.6) is 0 Å². The van der Waals surface area contributed by atoms with Crippen molar-refractivity contribution in [1.82, 2.24) is 14.8 Å². The molecule has 1 aromatic rings. The first-order chi connectivity index (χ1) is 8.48. The maximum Gasteiger partial charge on any atom is 0.425 e. The van der Waals surface area contributed by atoms with E-state index in [2.05, 4.69) is 25.2 Å². The molecule has 0 atom stereocenters. The van der Waals surface area contributed by atoms with Gasteiger partial charge >= 0.3 is 6.18 Å². The first-order valence-electron chi connectivity index (χ1n) is 4.22. The summed E-state index contributed by atoms with van der Waals surface area (Å²) in [5.74, 6) is -0.526. The lowest BCUT2D eigenvalue weighted by Gasteiger charge is -2.05. The fourth-order valence-electron chi connectivity index (χ4n) is 0.795. The minimum absolute atomic E-state index is 0.526. The number of hydrogen-bond donors (Lipinski definition) is 1. The predicted octanol–water partition coefficient (Wildman–Crippen LogP) is 0.372. The molecular formula is C7H5F3N6O2. The molecule has 0 aromatic carbocycles. The fraction of sp³-hybridized carbons (Fsp3) is 0.286. The Morgan fingerprint density at radius 2 is 2.28 bits per heavy atom. The van der Waals surface area contributed by atoms with Crippen LogP contribution >= 0.6 is 0 Å². The lowest BCUT2D eigenvalue weighted by atomic mass is 10.4. The molecule has 0 amide bonds. The Kier molecular flexibility index (Phi) is 4.19. The number of oxime groups is 2. The molecule has 18 heavy (non-hydrogen) atoms. The minimum atomic E-state index is -4.58. The summed E-state index contributed by atoms with van der Waals surface area (Å²) in [4.78, 5) is 7.50. The van der Waals surface area contributed by atoms with Crippen LogP contribution in [-0.2, 0) is 4.84 Å². The molecule has 8 nitrogen and oxygen atoms in total. The topological polar surface area (TPSA) is 109 Å². The number of rotatable bonds is 3. The van der Waals surface area contributed by atoms with E-state index in [9.17, 15) is 13.2 Å². The van der Waals surface area contributed by atoms with Crippen LogP contribution in [0, 0.1) is 11.3 Å². The van der Waals surface area contributed by atoms with Gasteiger partial charge < -0.3 is 10.0 Å². The van der Waals surface area contributed by atoms with Crippen LogP contribution in [0.4, 0.5) is 13.2 Å². The molecule has 1 aromatic heterocycles. The summed E-state index contributed by atoms with van der Waals surface area (Å²) in [6, 6.07) is 1.41. The van der Waals surface area contributed by atoms with Gasteiger partial charge in [0.1, 0.15) is 18.7 Å². The van der Waals surface area contributed by atoms with E-state index in [4.69, 9.17) is 10.5 Å². The van der Waals surface area contributed by atoms with Crippen LogP contribution in [-0.4, -0.2) is 44.3 Å². The molecule has 0 fully saturated rings. The summed E-state index contributed by atoms with van der Waals surface area (Å²) in [6.07, 6.45) is -2.50. The van der Waals surface area contributed by atoms with Crippen molar-refractivity contribution in [3.8, 4) is 6.07 Å². The van der Waals surface area contributed by atoms with Gasteiger partial charge in [-0.15, -0.1) is 0 Å². The quantitative estimate of drug-likeness (QED) is 0.366. The highest BCUT2D eigenvalue weighted by atomic mass is 19.4. The third kappa shape index (κ3) is 3.74. The molecule has 0 saturated carbocycles. The fourth-order valence-corrected chi connectivity index (χ4v) is 0.795. The number of nitriles is 1. The molecule has 1 heterocycles. The number of nitrogens with zero attached hydrogens (tertiary/aromatic N) is 6. The summed E-state index contributed by atoms with van der Waals surface area (Å²) in [7, 11) is 0. The Labute approximate surface area is 97.6 Å². The van der Waals surface area contributed by atoms with Crippen molar-refractivity contribution in [2.24, 2.45) is 10.3 Å². The molecule has 0 bridgehead atoms. The lowest BCUT2D eigenvalue weighted by Crippen LogP contribution is -2.24. The molecule has 0 saturated heterocycles. The predicted molar refractivity (Wildman–Crippen MR) is 49.7 cm³/mol.